The minimum absolute atomic E-state index is 0.0518. The molecule has 0 aliphatic rings. The topological polar surface area (TPSA) is 72.5 Å². The Morgan fingerprint density at radius 3 is 2.35 bits per heavy atom. The Labute approximate surface area is 140 Å². The van der Waals surface area contributed by atoms with E-state index < -0.39 is 16.0 Å². The van der Waals surface area contributed by atoms with Gasteiger partial charge in [-0.05, 0) is 49.2 Å². The monoisotopic (exact) mass is 353 g/mol. The molecule has 122 valence electrons. The van der Waals surface area contributed by atoms with Gasteiger partial charge < -0.3 is 4.74 Å². The van der Waals surface area contributed by atoms with Crippen LogP contribution in [0.4, 0.5) is 5.69 Å². The second-order valence-corrected chi connectivity index (χ2v) is 7.13. The Hall–Kier alpha value is -2.05. The van der Waals surface area contributed by atoms with Crippen LogP contribution in [0.3, 0.4) is 0 Å². The van der Waals surface area contributed by atoms with Crippen molar-refractivity contribution in [3.05, 3.63) is 58.1 Å². The van der Waals surface area contributed by atoms with Crippen LogP contribution < -0.4 is 4.72 Å². The van der Waals surface area contributed by atoms with E-state index in [1.54, 1.807) is 32.0 Å². The molecule has 0 bridgehead atoms. The number of anilines is 1. The number of aryl methyl sites for hydroxylation is 2. The number of halogens is 1. The Bertz CT molecular complexity index is 862. The number of hydrogen-bond donors (Lipinski definition) is 1. The molecule has 0 fully saturated rings. The van der Waals surface area contributed by atoms with E-state index >= 15 is 0 Å². The van der Waals surface area contributed by atoms with Crippen molar-refractivity contribution < 1.29 is 17.9 Å². The van der Waals surface area contributed by atoms with E-state index in [0.717, 1.165) is 5.56 Å². The van der Waals surface area contributed by atoms with Crippen LogP contribution in [-0.2, 0) is 14.8 Å². The van der Waals surface area contributed by atoms with E-state index in [-0.39, 0.29) is 10.5 Å². The van der Waals surface area contributed by atoms with Gasteiger partial charge in [-0.3, -0.25) is 4.72 Å². The first-order valence-electron chi connectivity index (χ1n) is 6.72. The summed E-state index contributed by atoms with van der Waals surface area (Å²) in [5, 5.41) is 0.368. The van der Waals surface area contributed by atoms with E-state index in [9.17, 15) is 13.2 Å². The molecule has 0 saturated heterocycles. The summed E-state index contributed by atoms with van der Waals surface area (Å²) in [5.74, 6) is -0.538. The summed E-state index contributed by atoms with van der Waals surface area (Å²) in [6.45, 7) is 3.52. The van der Waals surface area contributed by atoms with Gasteiger partial charge in [-0.15, -0.1) is 0 Å². The van der Waals surface area contributed by atoms with Crippen molar-refractivity contribution in [3.63, 3.8) is 0 Å². The summed E-state index contributed by atoms with van der Waals surface area (Å²) in [5.41, 5.74) is 2.04. The van der Waals surface area contributed by atoms with E-state index in [2.05, 4.69) is 9.46 Å². The van der Waals surface area contributed by atoms with Crippen LogP contribution >= 0.6 is 11.6 Å². The summed E-state index contributed by atoms with van der Waals surface area (Å²) in [4.78, 5) is 11.6. The predicted octanol–water partition coefficient (Wildman–Crippen LogP) is 3.54. The van der Waals surface area contributed by atoms with Crippen molar-refractivity contribution in [1.82, 2.24) is 0 Å². The van der Waals surface area contributed by atoms with Crippen LogP contribution in [0.25, 0.3) is 0 Å². The van der Waals surface area contributed by atoms with E-state index in [0.29, 0.717) is 16.3 Å². The standard InChI is InChI=1S/C16H16ClNO4S/c1-10-5-7-13(9-14(10)17)23(20,21)18-15-8-12(16(19)22-3)6-4-11(15)2/h4-9,18H,1-3H3. The molecule has 0 unspecified atom stereocenters. The number of esters is 1. The van der Waals surface area contributed by atoms with Crippen LogP contribution in [0.5, 0.6) is 0 Å². The summed E-state index contributed by atoms with van der Waals surface area (Å²) < 4.78 is 32.1. The number of carbonyl (C=O) groups is 1. The number of benzene rings is 2. The molecule has 0 saturated carbocycles. The number of carbonyl (C=O) groups excluding carboxylic acids is 1. The Kier molecular flexibility index (Phi) is 4.97. The van der Waals surface area contributed by atoms with Gasteiger partial charge in [-0.2, -0.15) is 0 Å². The fourth-order valence-electron chi connectivity index (χ4n) is 1.92. The lowest BCUT2D eigenvalue weighted by Crippen LogP contribution is -2.14. The zero-order valence-electron chi connectivity index (χ0n) is 12.9. The molecule has 0 aliphatic heterocycles. The molecular formula is C16H16ClNO4S. The van der Waals surface area contributed by atoms with E-state index in [1.165, 1.54) is 25.3 Å². The fraction of sp³-hybridized carbons (Fsp3) is 0.188. The summed E-state index contributed by atoms with van der Waals surface area (Å²) in [6.07, 6.45) is 0. The SMILES string of the molecule is COC(=O)c1ccc(C)c(NS(=O)(=O)c2ccc(C)c(Cl)c2)c1. The van der Waals surface area contributed by atoms with Gasteiger partial charge in [0.1, 0.15) is 0 Å². The van der Waals surface area contributed by atoms with Gasteiger partial charge in [-0.25, -0.2) is 13.2 Å². The van der Waals surface area contributed by atoms with Gasteiger partial charge in [-0.1, -0.05) is 23.7 Å². The second kappa shape index (κ2) is 6.60. The number of sulfonamides is 1. The second-order valence-electron chi connectivity index (χ2n) is 5.04. The molecule has 1 N–H and O–H groups in total. The molecule has 0 heterocycles. The molecule has 0 spiro atoms. The fourth-order valence-corrected chi connectivity index (χ4v) is 3.31. The van der Waals surface area contributed by atoms with Crippen LogP contribution in [0.1, 0.15) is 21.5 Å². The number of ether oxygens (including phenoxy) is 1. The van der Waals surface area contributed by atoms with E-state index in [1.807, 2.05) is 0 Å². The highest BCUT2D eigenvalue weighted by Crippen LogP contribution is 2.24. The van der Waals surface area contributed by atoms with Crippen molar-refractivity contribution >= 4 is 33.3 Å². The number of rotatable bonds is 4. The molecule has 2 aromatic rings. The normalized spacial score (nSPS) is 11.1. The highest BCUT2D eigenvalue weighted by molar-refractivity contribution is 7.92. The average Bonchev–Trinajstić information content (AvgIpc) is 2.51. The summed E-state index contributed by atoms with van der Waals surface area (Å²) in [7, 11) is -2.55. The van der Waals surface area contributed by atoms with Crippen molar-refractivity contribution in [2.45, 2.75) is 18.7 Å². The minimum Gasteiger partial charge on any atom is -0.465 e. The van der Waals surface area contributed by atoms with Crippen LogP contribution in [-0.4, -0.2) is 21.5 Å². The Morgan fingerprint density at radius 2 is 1.74 bits per heavy atom. The molecule has 0 amide bonds. The summed E-state index contributed by atoms with van der Waals surface area (Å²) >= 11 is 5.99. The Balaban J connectivity index is 2.40. The average molecular weight is 354 g/mol. The minimum atomic E-state index is -3.81. The van der Waals surface area contributed by atoms with Crippen LogP contribution in [0.15, 0.2) is 41.3 Å². The van der Waals surface area contributed by atoms with Gasteiger partial charge in [0.15, 0.2) is 0 Å². The third-order valence-electron chi connectivity index (χ3n) is 3.36. The lowest BCUT2D eigenvalue weighted by atomic mass is 10.1. The summed E-state index contributed by atoms with van der Waals surface area (Å²) in [6, 6.07) is 9.15. The number of nitrogens with one attached hydrogen (secondary N) is 1. The molecule has 0 atom stereocenters. The first kappa shape index (κ1) is 17.3. The van der Waals surface area contributed by atoms with Gasteiger partial charge in [0.25, 0.3) is 10.0 Å². The molecular weight excluding hydrogens is 338 g/mol. The quantitative estimate of drug-likeness (QED) is 0.853. The molecule has 0 radical (unpaired) electrons. The van der Waals surface area contributed by atoms with Crippen LogP contribution in [0, 0.1) is 13.8 Å². The molecule has 7 heteroatoms. The molecule has 2 rings (SSSR count). The maximum Gasteiger partial charge on any atom is 0.337 e. The van der Waals surface area contributed by atoms with Crippen molar-refractivity contribution in [2.24, 2.45) is 0 Å². The molecule has 0 aromatic heterocycles. The van der Waals surface area contributed by atoms with Crippen molar-refractivity contribution in [3.8, 4) is 0 Å². The first-order chi connectivity index (χ1) is 10.7. The number of methoxy groups -OCH3 is 1. The maximum atomic E-state index is 12.5. The highest BCUT2D eigenvalue weighted by atomic mass is 35.5. The maximum absolute atomic E-state index is 12.5. The Morgan fingerprint density at radius 1 is 1.09 bits per heavy atom. The highest BCUT2D eigenvalue weighted by Gasteiger charge is 2.17. The van der Waals surface area contributed by atoms with Crippen LogP contribution in [0.2, 0.25) is 5.02 Å². The zero-order chi connectivity index (χ0) is 17.2. The smallest absolute Gasteiger partial charge is 0.337 e. The largest absolute Gasteiger partial charge is 0.465 e. The molecule has 23 heavy (non-hydrogen) atoms. The third-order valence-corrected chi connectivity index (χ3v) is 5.13. The van der Waals surface area contributed by atoms with Gasteiger partial charge in [0.2, 0.25) is 0 Å². The van der Waals surface area contributed by atoms with E-state index in [4.69, 9.17) is 11.6 Å². The molecule has 2 aromatic carbocycles. The van der Waals surface area contributed by atoms with Crippen molar-refractivity contribution in [2.75, 3.05) is 11.8 Å². The lowest BCUT2D eigenvalue weighted by molar-refractivity contribution is 0.0601. The third kappa shape index (κ3) is 3.83. The zero-order valence-corrected chi connectivity index (χ0v) is 14.5. The lowest BCUT2D eigenvalue weighted by Gasteiger charge is -2.12. The molecule has 5 nitrogen and oxygen atoms in total. The van der Waals surface area contributed by atoms with Gasteiger partial charge in [0, 0.05) is 5.02 Å². The predicted molar refractivity (Wildman–Crippen MR) is 89.5 cm³/mol. The molecule has 0 aliphatic carbocycles. The first-order valence-corrected chi connectivity index (χ1v) is 8.58. The van der Waals surface area contributed by atoms with Crippen molar-refractivity contribution in [1.29, 1.82) is 0 Å². The number of hydrogen-bond acceptors (Lipinski definition) is 4. The van der Waals surface area contributed by atoms with Gasteiger partial charge >= 0.3 is 5.97 Å². The van der Waals surface area contributed by atoms with Gasteiger partial charge in [0.05, 0.1) is 23.3 Å².